The first-order chi connectivity index (χ1) is 13.4. The molecule has 2 aromatic carbocycles. The fourth-order valence-corrected chi connectivity index (χ4v) is 2.35. The molecule has 156 valence electrons. The summed E-state index contributed by atoms with van der Waals surface area (Å²) in [5.74, 6) is -4.24. The van der Waals surface area contributed by atoms with Crippen molar-refractivity contribution in [1.29, 1.82) is 0 Å². The van der Waals surface area contributed by atoms with Crippen molar-refractivity contribution in [1.82, 2.24) is 5.32 Å². The van der Waals surface area contributed by atoms with Crippen LogP contribution in [0.1, 0.15) is 26.3 Å². The van der Waals surface area contributed by atoms with Crippen molar-refractivity contribution in [3.63, 3.8) is 0 Å². The molecule has 0 radical (unpaired) electrons. The van der Waals surface area contributed by atoms with Crippen molar-refractivity contribution in [2.75, 3.05) is 0 Å². The third kappa shape index (κ3) is 6.70. The molecule has 1 amide bonds. The van der Waals surface area contributed by atoms with E-state index in [0.717, 1.165) is 24.3 Å². The summed E-state index contributed by atoms with van der Waals surface area (Å²) in [5, 5.41) is 11.6. The van der Waals surface area contributed by atoms with Crippen LogP contribution in [0.2, 0.25) is 0 Å². The maximum absolute atomic E-state index is 13.9. The lowest BCUT2D eigenvalue weighted by molar-refractivity contribution is -0.139. The highest BCUT2D eigenvalue weighted by atomic mass is 19.1. The molecule has 29 heavy (non-hydrogen) atoms. The zero-order chi connectivity index (χ0) is 21.8. The fourth-order valence-electron chi connectivity index (χ4n) is 2.35. The van der Waals surface area contributed by atoms with Crippen LogP contribution in [0.4, 0.5) is 18.0 Å². The number of carbonyl (C=O) groups is 2. The molecule has 0 aromatic heterocycles. The second-order valence-corrected chi connectivity index (χ2v) is 7.17. The summed E-state index contributed by atoms with van der Waals surface area (Å²) in [6.45, 7) is 4.83. The first-order valence-corrected chi connectivity index (χ1v) is 8.58. The van der Waals surface area contributed by atoms with Crippen LogP contribution in [0.5, 0.6) is 11.5 Å². The van der Waals surface area contributed by atoms with Gasteiger partial charge in [-0.2, -0.15) is 0 Å². The van der Waals surface area contributed by atoms with Crippen LogP contribution in [0.25, 0.3) is 0 Å². The molecule has 2 aromatic rings. The number of carboxylic acids is 1. The summed E-state index contributed by atoms with van der Waals surface area (Å²) in [4.78, 5) is 23.4. The molecule has 0 saturated heterocycles. The Balaban J connectivity index is 2.26. The minimum atomic E-state index is -1.47. The zero-order valence-corrected chi connectivity index (χ0v) is 16.0. The standard InChI is InChI=1S/C20H20F3NO5/c1-20(2,3)29-19(27)24-15(18(25)26)9-11-8-12(21)4-6-16(11)28-17-7-5-13(22)10-14(17)23/h4-8,10,15H,9H2,1-3H3,(H,24,27)(H,25,26). The van der Waals surface area contributed by atoms with E-state index in [9.17, 15) is 27.9 Å². The molecule has 2 N–H and O–H groups in total. The molecule has 0 spiro atoms. The minimum absolute atomic E-state index is 0.0471. The summed E-state index contributed by atoms with van der Waals surface area (Å²) in [5.41, 5.74) is -0.794. The number of ether oxygens (including phenoxy) is 2. The molecular formula is C20H20F3NO5. The first-order valence-electron chi connectivity index (χ1n) is 8.58. The molecule has 0 aliphatic rings. The van der Waals surface area contributed by atoms with Crippen LogP contribution in [0.15, 0.2) is 36.4 Å². The van der Waals surface area contributed by atoms with Gasteiger partial charge in [0.25, 0.3) is 0 Å². The zero-order valence-electron chi connectivity index (χ0n) is 16.0. The van der Waals surface area contributed by atoms with Crippen LogP contribution in [-0.4, -0.2) is 28.8 Å². The van der Waals surface area contributed by atoms with E-state index in [4.69, 9.17) is 9.47 Å². The van der Waals surface area contributed by atoms with Gasteiger partial charge in [-0.25, -0.2) is 22.8 Å². The maximum atomic E-state index is 13.9. The van der Waals surface area contributed by atoms with Gasteiger partial charge in [-0.3, -0.25) is 0 Å². The highest BCUT2D eigenvalue weighted by molar-refractivity contribution is 5.80. The lowest BCUT2D eigenvalue weighted by Gasteiger charge is -2.22. The Labute approximate surface area is 165 Å². The summed E-state index contributed by atoms with van der Waals surface area (Å²) in [6, 6.07) is 4.40. The maximum Gasteiger partial charge on any atom is 0.408 e. The van der Waals surface area contributed by atoms with Crippen LogP contribution in [-0.2, 0) is 16.0 Å². The van der Waals surface area contributed by atoms with Gasteiger partial charge in [0.15, 0.2) is 11.6 Å². The monoisotopic (exact) mass is 411 g/mol. The quantitative estimate of drug-likeness (QED) is 0.735. The van der Waals surface area contributed by atoms with Crippen molar-refractivity contribution >= 4 is 12.1 Å². The van der Waals surface area contributed by atoms with Gasteiger partial charge in [0, 0.05) is 18.1 Å². The van der Waals surface area contributed by atoms with Gasteiger partial charge in [0.2, 0.25) is 0 Å². The number of carboxylic acid groups (broad SMARTS) is 1. The molecule has 0 aliphatic heterocycles. The fraction of sp³-hybridized carbons (Fsp3) is 0.300. The number of nitrogens with one attached hydrogen (secondary N) is 1. The summed E-state index contributed by atoms with van der Waals surface area (Å²) < 4.78 is 51.0. The molecule has 0 bridgehead atoms. The lowest BCUT2D eigenvalue weighted by Crippen LogP contribution is -2.44. The van der Waals surface area contributed by atoms with Gasteiger partial charge in [0.1, 0.15) is 29.0 Å². The third-order valence-corrected chi connectivity index (χ3v) is 3.55. The Bertz CT molecular complexity index is 911. The van der Waals surface area contributed by atoms with Crippen molar-refractivity contribution < 1.29 is 37.3 Å². The van der Waals surface area contributed by atoms with E-state index in [1.807, 2.05) is 0 Å². The number of hydrogen-bond donors (Lipinski definition) is 2. The van der Waals surface area contributed by atoms with E-state index < -0.39 is 41.2 Å². The van der Waals surface area contributed by atoms with Gasteiger partial charge >= 0.3 is 12.1 Å². The highest BCUT2D eigenvalue weighted by Crippen LogP contribution is 2.29. The largest absolute Gasteiger partial charge is 0.480 e. The summed E-state index contributed by atoms with van der Waals surface area (Å²) in [7, 11) is 0. The lowest BCUT2D eigenvalue weighted by atomic mass is 10.0. The molecule has 0 aliphatic carbocycles. The number of carbonyl (C=O) groups excluding carboxylic acids is 1. The van der Waals surface area contributed by atoms with Crippen LogP contribution in [0, 0.1) is 17.5 Å². The van der Waals surface area contributed by atoms with E-state index in [1.165, 1.54) is 6.07 Å². The Morgan fingerprint density at radius 3 is 2.17 bits per heavy atom. The molecular weight excluding hydrogens is 391 g/mol. The van der Waals surface area contributed by atoms with E-state index >= 15 is 0 Å². The number of aliphatic carboxylic acids is 1. The number of benzene rings is 2. The predicted octanol–water partition coefficient (Wildman–Crippen LogP) is 4.42. The first kappa shape index (κ1) is 22.1. The molecule has 0 saturated carbocycles. The molecule has 0 fully saturated rings. The van der Waals surface area contributed by atoms with Gasteiger partial charge in [0.05, 0.1) is 0 Å². The van der Waals surface area contributed by atoms with Crippen LogP contribution < -0.4 is 10.1 Å². The van der Waals surface area contributed by atoms with Crippen molar-refractivity contribution in [3.05, 3.63) is 59.4 Å². The Morgan fingerprint density at radius 2 is 1.62 bits per heavy atom. The van der Waals surface area contributed by atoms with E-state index in [0.29, 0.717) is 6.07 Å². The van der Waals surface area contributed by atoms with Crippen molar-refractivity contribution in [2.24, 2.45) is 0 Å². The molecule has 2 rings (SSSR count). The normalized spacial score (nSPS) is 12.2. The Morgan fingerprint density at radius 1 is 1.03 bits per heavy atom. The molecule has 6 nitrogen and oxygen atoms in total. The van der Waals surface area contributed by atoms with Gasteiger partial charge in [-0.15, -0.1) is 0 Å². The number of rotatable bonds is 6. The van der Waals surface area contributed by atoms with Gasteiger partial charge in [-0.1, -0.05) is 0 Å². The number of alkyl carbamates (subject to hydrolysis) is 1. The number of amides is 1. The smallest absolute Gasteiger partial charge is 0.408 e. The van der Waals surface area contributed by atoms with Crippen molar-refractivity contribution in [3.8, 4) is 11.5 Å². The molecule has 0 heterocycles. The molecule has 1 atom stereocenters. The Kier molecular flexibility index (Phi) is 6.73. The van der Waals surface area contributed by atoms with Gasteiger partial charge < -0.3 is 19.9 Å². The van der Waals surface area contributed by atoms with Crippen LogP contribution >= 0.6 is 0 Å². The van der Waals surface area contributed by atoms with E-state index in [2.05, 4.69) is 5.32 Å². The number of halogens is 3. The summed E-state index contributed by atoms with van der Waals surface area (Å²) in [6.07, 6.45) is -1.34. The SMILES string of the molecule is CC(C)(C)OC(=O)NC(Cc1cc(F)ccc1Oc1ccc(F)cc1F)C(=O)O. The topological polar surface area (TPSA) is 84.9 Å². The number of hydrogen-bond acceptors (Lipinski definition) is 4. The summed E-state index contributed by atoms with van der Waals surface area (Å²) >= 11 is 0. The Hall–Kier alpha value is -3.23. The average molecular weight is 411 g/mol. The van der Waals surface area contributed by atoms with E-state index in [-0.39, 0.29) is 23.5 Å². The predicted molar refractivity (Wildman–Crippen MR) is 97.3 cm³/mol. The average Bonchev–Trinajstić information content (AvgIpc) is 2.57. The second-order valence-electron chi connectivity index (χ2n) is 7.17. The third-order valence-electron chi connectivity index (χ3n) is 3.55. The molecule has 1 unspecified atom stereocenters. The molecule has 9 heteroatoms. The van der Waals surface area contributed by atoms with Crippen LogP contribution in [0.3, 0.4) is 0 Å². The highest BCUT2D eigenvalue weighted by Gasteiger charge is 2.26. The second kappa shape index (κ2) is 8.85. The van der Waals surface area contributed by atoms with E-state index in [1.54, 1.807) is 20.8 Å². The minimum Gasteiger partial charge on any atom is -0.480 e. The van der Waals surface area contributed by atoms with Gasteiger partial charge in [-0.05, 0) is 51.1 Å². The van der Waals surface area contributed by atoms with Crippen molar-refractivity contribution in [2.45, 2.75) is 38.8 Å².